The zero-order valence-electron chi connectivity index (χ0n) is 13.1. The predicted molar refractivity (Wildman–Crippen MR) is 84.1 cm³/mol. The number of ether oxygens (including phenoxy) is 1. The quantitative estimate of drug-likeness (QED) is 0.673. The van der Waals surface area contributed by atoms with Crippen LogP contribution < -0.4 is 5.56 Å². The molecule has 0 bridgehead atoms. The molecule has 2 aromatic rings. The van der Waals surface area contributed by atoms with Crippen molar-refractivity contribution in [3.05, 3.63) is 28.2 Å². The van der Waals surface area contributed by atoms with Crippen LogP contribution in [0, 0.1) is 24.0 Å². The summed E-state index contributed by atoms with van der Waals surface area (Å²) in [5.74, 6) is 1.25. The lowest BCUT2D eigenvalue weighted by Crippen LogP contribution is -2.44. The van der Waals surface area contributed by atoms with Gasteiger partial charge in [-0.1, -0.05) is 0 Å². The first-order valence-electron chi connectivity index (χ1n) is 7.31. The van der Waals surface area contributed by atoms with Crippen molar-refractivity contribution in [1.29, 1.82) is 0 Å². The molecule has 0 spiro atoms. The van der Waals surface area contributed by atoms with E-state index < -0.39 is 41.6 Å². The number of hydrogen-bond acceptors (Lipinski definition) is 5. The van der Waals surface area contributed by atoms with Gasteiger partial charge in [0, 0.05) is 11.6 Å². The van der Waals surface area contributed by atoms with Crippen LogP contribution in [0.4, 0.5) is 8.78 Å². The Morgan fingerprint density at radius 2 is 2.28 bits per heavy atom. The molecule has 10 heteroatoms. The molecule has 1 aliphatic rings. The Labute approximate surface area is 145 Å². The number of fused-ring (bicyclic) bond motifs is 1. The monoisotopic (exact) mass is 373 g/mol. The Morgan fingerprint density at radius 3 is 2.88 bits per heavy atom. The van der Waals surface area contributed by atoms with E-state index in [9.17, 15) is 19.4 Å². The Hall–Kier alpha value is -1.99. The summed E-state index contributed by atoms with van der Waals surface area (Å²) in [6.45, 7) is 2.77. The first-order valence-corrected chi connectivity index (χ1v) is 7.68. The average molecular weight is 374 g/mol. The van der Waals surface area contributed by atoms with Gasteiger partial charge < -0.3 is 19.9 Å². The van der Waals surface area contributed by atoms with E-state index in [-0.39, 0.29) is 16.9 Å². The molecule has 5 atom stereocenters. The van der Waals surface area contributed by atoms with Crippen LogP contribution in [-0.4, -0.2) is 48.7 Å². The molecule has 3 N–H and O–H groups in total. The van der Waals surface area contributed by atoms with Gasteiger partial charge in [-0.3, -0.25) is 9.36 Å². The summed E-state index contributed by atoms with van der Waals surface area (Å²) in [5.41, 5.74) is -3.67. The summed E-state index contributed by atoms with van der Waals surface area (Å²) in [6, 6.07) is 0. The number of aryl methyl sites for hydroxylation is 1. The molecule has 2 aromatic heterocycles. The maximum atomic E-state index is 15.4. The van der Waals surface area contributed by atoms with E-state index in [2.05, 4.69) is 9.97 Å². The molecule has 7 nitrogen and oxygen atoms in total. The minimum Gasteiger partial charge on any atom is -0.391 e. The summed E-state index contributed by atoms with van der Waals surface area (Å²) in [4.78, 5) is 18.3. The fraction of sp³-hybridized carbons (Fsp3) is 0.467. The molecule has 25 heavy (non-hydrogen) atoms. The molecule has 3 rings (SSSR count). The van der Waals surface area contributed by atoms with Gasteiger partial charge in [0.2, 0.25) is 5.67 Å². The first kappa shape index (κ1) is 17.8. The number of aliphatic hydroxyl groups is 2. The van der Waals surface area contributed by atoms with Crippen molar-refractivity contribution in [3.63, 3.8) is 0 Å². The van der Waals surface area contributed by atoms with Crippen LogP contribution in [0.5, 0.6) is 0 Å². The summed E-state index contributed by atoms with van der Waals surface area (Å²) >= 11 is 5.31. The molecule has 1 fully saturated rings. The molecule has 0 aromatic carbocycles. The van der Waals surface area contributed by atoms with E-state index >= 15 is 4.39 Å². The molecule has 0 radical (unpaired) electrons. The molecule has 1 unspecified atom stereocenters. The van der Waals surface area contributed by atoms with Gasteiger partial charge in [-0.25, -0.2) is 13.8 Å². The highest BCUT2D eigenvalue weighted by Crippen LogP contribution is 2.43. The largest absolute Gasteiger partial charge is 0.391 e. The fourth-order valence-corrected chi connectivity index (χ4v) is 3.11. The third-order valence-corrected chi connectivity index (χ3v) is 4.20. The lowest BCUT2D eigenvalue weighted by Gasteiger charge is -2.24. The summed E-state index contributed by atoms with van der Waals surface area (Å²) in [7, 11) is 0. The van der Waals surface area contributed by atoms with E-state index in [4.69, 9.17) is 16.3 Å². The number of aliphatic hydroxyl groups excluding tert-OH is 2. The maximum Gasteiger partial charge on any atom is 0.263 e. The SMILES string of the molecule is Cc1nc2c(c(F)cn2[C@@H]2O[C@H]([C@@H](C)O)[C@H](O)C2(F)C#CCl)c(=O)[nH]1. The van der Waals surface area contributed by atoms with Crippen molar-refractivity contribution in [3.8, 4) is 11.3 Å². The summed E-state index contributed by atoms with van der Waals surface area (Å²) in [6.07, 6.45) is -5.27. The van der Waals surface area contributed by atoms with Crippen molar-refractivity contribution in [2.24, 2.45) is 0 Å². The van der Waals surface area contributed by atoms with Gasteiger partial charge in [-0.15, -0.1) is 0 Å². The lowest BCUT2D eigenvalue weighted by molar-refractivity contribution is -0.0776. The fourth-order valence-electron chi connectivity index (χ4n) is 2.96. The maximum absolute atomic E-state index is 15.4. The zero-order valence-corrected chi connectivity index (χ0v) is 13.9. The second-order valence-electron chi connectivity index (χ2n) is 5.86. The van der Waals surface area contributed by atoms with Gasteiger partial charge in [-0.2, -0.15) is 0 Å². The van der Waals surface area contributed by atoms with Gasteiger partial charge >= 0.3 is 0 Å². The van der Waals surface area contributed by atoms with E-state index in [0.717, 1.165) is 10.8 Å². The van der Waals surface area contributed by atoms with Crippen LogP contribution in [0.2, 0.25) is 0 Å². The summed E-state index contributed by atoms with van der Waals surface area (Å²) < 4.78 is 35.9. The smallest absolute Gasteiger partial charge is 0.263 e. The Morgan fingerprint density at radius 1 is 1.60 bits per heavy atom. The second kappa shape index (κ2) is 6.07. The van der Waals surface area contributed by atoms with Gasteiger partial charge in [-0.05, 0) is 31.4 Å². The minimum absolute atomic E-state index is 0.176. The first-order chi connectivity index (χ1) is 11.7. The number of hydrogen-bond donors (Lipinski definition) is 3. The number of aromatic amines is 1. The highest BCUT2D eigenvalue weighted by molar-refractivity contribution is 6.30. The lowest BCUT2D eigenvalue weighted by atomic mass is 9.95. The Bertz CT molecular complexity index is 948. The van der Waals surface area contributed by atoms with E-state index in [0.29, 0.717) is 0 Å². The van der Waals surface area contributed by atoms with Gasteiger partial charge in [0.05, 0.1) is 6.10 Å². The molecule has 134 valence electrons. The van der Waals surface area contributed by atoms with Crippen LogP contribution in [-0.2, 0) is 4.74 Å². The van der Waals surface area contributed by atoms with Crippen LogP contribution in [0.25, 0.3) is 11.0 Å². The van der Waals surface area contributed by atoms with Crippen LogP contribution in [0.15, 0.2) is 11.0 Å². The molecule has 1 aliphatic heterocycles. The standard InChI is InChI=1S/C15H14ClF2N3O4/c1-6(22)10-11(23)15(18,3-4-16)14(25-10)21-5-8(17)9-12(21)19-7(2)20-13(9)24/h5-6,10-11,14,22-23H,1-2H3,(H,19,20,24)/t6-,10-,11+,14-,15?/m1/s1. The van der Waals surface area contributed by atoms with Crippen LogP contribution in [0.1, 0.15) is 19.0 Å². The average Bonchev–Trinajstić information content (AvgIpc) is 2.96. The number of halogens is 3. The zero-order chi connectivity index (χ0) is 18.5. The second-order valence-corrected chi connectivity index (χ2v) is 6.05. The van der Waals surface area contributed by atoms with Crippen molar-refractivity contribution >= 4 is 22.6 Å². The number of H-pyrrole nitrogens is 1. The number of nitrogens with one attached hydrogen (secondary N) is 1. The highest BCUT2D eigenvalue weighted by atomic mass is 35.5. The molecule has 1 saturated heterocycles. The normalized spacial score (nSPS) is 30.3. The molecular weight excluding hydrogens is 360 g/mol. The third-order valence-electron chi connectivity index (χ3n) is 4.11. The number of alkyl halides is 1. The number of rotatable bonds is 2. The Balaban J connectivity index is 2.25. The predicted octanol–water partition coefficient (Wildman–Crippen LogP) is 0.719. The van der Waals surface area contributed by atoms with E-state index in [1.807, 2.05) is 11.3 Å². The van der Waals surface area contributed by atoms with Gasteiger partial charge in [0.1, 0.15) is 23.4 Å². The van der Waals surface area contributed by atoms with Crippen LogP contribution >= 0.6 is 11.6 Å². The molecule has 0 saturated carbocycles. The van der Waals surface area contributed by atoms with Crippen molar-refractivity contribution in [2.45, 2.75) is 44.1 Å². The molecule has 0 aliphatic carbocycles. The van der Waals surface area contributed by atoms with E-state index in [1.54, 1.807) is 0 Å². The topological polar surface area (TPSA) is 100 Å². The Kier molecular flexibility index (Phi) is 4.33. The number of nitrogens with zero attached hydrogens (tertiary/aromatic N) is 2. The van der Waals surface area contributed by atoms with E-state index in [1.165, 1.54) is 13.8 Å². The van der Waals surface area contributed by atoms with Gasteiger partial charge in [0.25, 0.3) is 5.56 Å². The van der Waals surface area contributed by atoms with Gasteiger partial charge in [0.15, 0.2) is 17.7 Å². The third kappa shape index (κ3) is 2.62. The molecular formula is C15H14ClF2N3O4. The van der Waals surface area contributed by atoms with Crippen LogP contribution in [0.3, 0.4) is 0 Å². The number of aromatic nitrogens is 3. The minimum atomic E-state index is -2.75. The van der Waals surface area contributed by atoms with Crippen molar-refractivity contribution < 1.29 is 23.7 Å². The molecule has 0 amide bonds. The van der Waals surface area contributed by atoms with Crippen molar-refractivity contribution in [2.75, 3.05) is 0 Å². The van der Waals surface area contributed by atoms with Crippen molar-refractivity contribution in [1.82, 2.24) is 14.5 Å². The summed E-state index contributed by atoms with van der Waals surface area (Å²) in [5, 5.41) is 21.4. The molecule has 3 heterocycles. The highest BCUT2D eigenvalue weighted by Gasteiger charge is 2.59.